The van der Waals surface area contributed by atoms with Crippen molar-refractivity contribution in [3.63, 3.8) is 0 Å². The Balaban J connectivity index is 2.08. The fourth-order valence-corrected chi connectivity index (χ4v) is 4.89. The minimum absolute atomic E-state index is 0.00444. The number of allylic oxidation sites excluding steroid dienone is 2. The molecule has 0 aromatic heterocycles. The summed E-state index contributed by atoms with van der Waals surface area (Å²) in [5.74, 6) is -1.50. The van der Waals surface area contributed by atoms with Gasteiger partial charge in [0.1, 0.15) is 12.7 Å². The highest BCUT2D eigenvalue weighted by molar-refractivity contribution is 5.82. The number of hydrogen-bond donors (Lipinski definition) is 2. The largest absolute Gasteiger partial charge is 0.463 e. The third kappa shape index (κ3) is 17.9. The first kappa shape index (κ1) is 38.1. The van der Waals surface area contributed by atoms with Crippen molar-refractivity contribution in [3.8, 4) is 0 Å². The summed E-state index contributed by atoms with van der Waals surface area (Å²) in [6.07, 6.45) is 21.2. The average Bonchev–Trinajstić information content (AvgIpc) is 2.94. The van der Waals surface area contributed by atoms with E-state index in [2.05, 4.69) is 29.7 Å². The molecule has 0 radical (unpaired) electrons. The van der Waals surface area contributed by atoms with Gasteiger partial charge in [0.2, 0.25) is 11.8 Å². The van der Waals surface area contributed by atoms with Crippen LogP contribution in [-0.4, -0.2) is 55.5 Å². The Morgan fingerprint density at radius 3 is 2.07 bits per heavy atom. The molecule has 8 nitrogen and oxygen atoms in total. The van der Waals surface area contributed by atoms with E-state index in [1.165, 1.54) is 57.8 Å². The number of unbranched alkanes of at least 4 members (excludes halogenated alkanes) is 11. The lowest BCUT2D eigenvalue weighted by molar-refractivity contribution is -0.304. The molecule has 0 aromatic carbocycles. The monoisotopic (exact) mass is 594 g/mol. The highest BCUT2D eigenvalue weighted by atomic mass is 16.7. The number of amides is 2. The van der Waals surface area contributed by atoms with Gasteiger partial charge >= 0.3 is 5.97 Å². The van der Waals surface area contributed by atoms with Crippen LogP contribution in [0.1, 0.15) is 144 Å². The molecular weight excluding hydrogens is 532 g/mol. The molecule has 1 aliphatic heterocycles. The number of rotatable bonds is 23. The second-order valence-corrected chi connectivity index (χ2v) is 12.9. The number of esters is 1. The van der Waals surface area contributed by atoms with Crippen molar-refractivity contribution in [1.29, 1.82) is 0 Å². The van der Waals surface area contributed by atoms with Crippen LogP contribution in [0.15, 0.2) is 12.2 Å². The van der Waals surface area contributed by atoms with Gasteiger partial charge in [0.25, 0.3) is 0 Å². The van der Waals surface area contributed by atoms with E-state index in [4.69, 9.17) is 14.2 Å². The van der Waals surface area contributed by atoms with Gasteiger partial charge in [0, 0.05) is 18.4 Å². The molecule has 1 fully saturated rings. The molecule has 1 aliphatic rings. The van der Waals surface area contributed by atoms with Gasteiger partial charge < -0.3 is 24.8 Å². The van der Waals surface area contributed by atoms with Crippen molar-refractivity contribution in [2.75, 3.05) is 19.8 Å². The van der Waals surface area contributed by atoms with Crippen molar-refractivity contribution in [2.24, 2.45) is 5.41 Å². The van der Waals surface area contributed by atoms with Gasteiger partial charge in [-0.1, -0.05) is 91.2 Å². The maximum absolute atomic E-state index is 12.7. The lowest BCUT2D eigenvalue weighted by atomic mass is 9.85. The summed E-state index contributed by atoms with van der Waals surface area (Å²) in [5.41, 5.74) is -0.476. The van der Waals surface area contributed by atoms with Gasteiger partial charge in [-0.05, 0) is 52.4 Å². The van der Waals surface area contributed by atoms with Crippen LogP contribution in [-0.2, 0) is 28.6 Å². The molecule has 2 N–H and O–H groups in total. The minimum Gasteiger partial charge on any atom is -0.463 e. The second kappa shape index (κ2) is 21.7. The summed E-state index contributed by atoms with van der Waals surface area (Å²) >= 11 is 0. The molecule has 1 saturated heterocycles. The van der Waals surface area contributed by atoms with Crippen LogP contribution in [0.4, 0.5) is 0 Å². The summed E-state index contributed by atoms with van der Waals surface area (Å²) in [5, 5.41) is 5.76. The topological polar surface area (TPSA) is 103 Å². The quantitative estimate of drug-likeness (QED) is 0.0740. The first-order valence-electron chi connectivity index (χ1n) is 16.7. The van der Waals surface area contributed by atoms with Crippen LogP contribution in [0.2, 0.25) is 0 Å². The van der Waals surface area contributed by atoms with E-state index in [9.17, 15) is 14.4 Å². The van der Waals surface area contributed by atoms with Crippen LogP contribution in [0.25, 0.3) is 0 Å². The third-order valence-corrected chi connectivity index (χ3v) is 7.74. The lowest BCUT2D eigenvalue weighted by Gasteiger charge is -2.44. The molecule has 8 heteroatoms. The molecule has 1 unspecified atom stereocenters. The van der Waals surface area contributed by atoms with Gasteiger partial charge in [-0.25, -0.2) is 0 Å². The summed E-state index contributed by atoms with van der Waals surface area (Å²) in [4.78, 5) is 37.3. The maximum atomic E-state index is 12.7. The molecule has 42 heavy (non-hydrogen) atoms. The van der Waals surface area contributed by atoms with Crippen LogP contribution in [0.5, 0.6) is 0 Å². The van der Waals surface area contributed by atoms with Gasteiger partial charge in [0.15, 0.2) is 5.79 Å². The summed E-state index contributed by atoms with van der Waals surface area (Å²) in [7, 11) is 0. The van der Waals surface area contributed by atoms with Crippen LogP contribution >= 0.6 is 0 Å². The summed E-state index contributed by atoms with van der Waals surface area (Å²) in [6, 6.07) is -0.210. The lowest BCUT2D eigenvalue weighted by Crippen LogP contribution is -2.56. The van der Waals surface area contributed by atoms with E-state index in [0.29, 0.717) is 19.4 Å². The van der Waals surface area contributed by atoms with Crippen LogP contribution < -0.4 is 10.6 Å². The highest BCUT2D eigenvalue weighted by Crippen LogP contribution is 2.34. The van der Waals surface area contributed by atoms with Crippen molar-refractivity contribution < 1.29 is 28.6 Å². The smallest absolute Gasteiger partial charge is 0.307 e. The molecule has 2 amide bonds. The van der Waals surface area contributed by atoms with Gasteiger partial charge in [-0.3, -0.25) is 14.4 Å². The van der Waals surface area contributed by atoms with E-state index < -0.39 is 23.3 Å². The molecular formula is C34H62N2O6. The van der Waals surface area contributed by atoms with E-state index >= 15 is 0 Å². The summed E-state index contributed by atoms with van der Waals surface area (Å²) < 4.78 is 16.9. The Hall–Kier alpha value is -1.93. The van der Waals surface area contributed by atoms with E-state index in [1.54, 1.807) is 13.8 Å². The van der Waals surface area contributed by atoms with Crippen molar-refractivity contribution in [2.45, 2.75) is 162 Å². The summed E-state index contributed by atoms with van der Waals surface area (Å²) in [6.45, 7) is 12.3. The van der Waals surface area contributed by atoms with Crippen LogP contribution in [0, 0.1) is 5.41 Å². The molecule has 0 aromatic rings. The number of hydrogen-bond acceptors (Lipinski definition) is 6. The number of ether oxygens (including phenoxy) is 3. The van der Waals surface area contributed by atoms with E-state index in [-0.39, 0.29) is 37.4 Å². The fourth-order valence-electron chi connectivity index (χ4n) is 4.89. The number of carbonyl (C=O) groups is 3. The Morgan fingerprint density at radius 2 is 1.45 bits per heavy atom. The van der Waals surface area contributed by atoms with Crippen molar-refractivity contribution >= 4 is 17.8 Å². The van der Waals surface area contributed by atoms with E-state index in [0.717, 1.165) is 25.7 Å². The van der Waals surface area contributed by atoms with Crippen molar-refractivity contribution in [1.82, 2.24) is 10.6 Å². The fraction of sp³-hybridized carbons (Fsp3) is 0.853. The van der Waals surface area contributed by atoms with Gasteiger partial charge in [-0.15, -0.1) is 0 Å². The van der Waals surface area contributed by atoms with Crippen molar-refractivity contribution in [3.05, 3.63) is 12.2 Å². The third-order valence-electron chi connectivity index (χ3n) is 7.74. The Labute approximate surface area is 256 Å². The SMILES string of the molecule is CCCCCCCC/C=C\CCCCCCCC(=O)N[C@@H](CC)COC(=O)CCNC(=O)C1OC(C)(C)OCC1(C)C. The molecule has 1 rings (SSSR count). The van der Waals surface area contributed by atoms with Gasteiger partial charge in [-0.2, -0.15) is 0 Å². The Kier molecular flexibility index (Phi) is 19.7. The molecule has 0 spiro atoms. The highest BCUT2D eigenvalue weighted by Gasteiger charge is 2.45. The number of nitrogens with one attached hydrogen (secondary N) is 2. The maximum Gasteiger partial charge on any atom is 0.307 e. The average molecular weight is 595 g/mol. The molecule has 0 bridgehead atoms. The Morgan fingerprint density at radius 1 is 0.857 bits per heavy atom. The van der Waals surface area contributed by atoms with Crippen LogP contribution in [0.3, 0.4) is 0 Å². The molecule has 0 aliphatic carbocycles. The molecule has 244 valence electrons. The van der Waals surface area contributed by atoms with E-state index in [1.807, 2.05) is 20.8 Å². The molecule has 1 heterocycles. The zero-order valence-corrected chi connectivity index (χ0v) is 27.7. The molecule has 2 atom stereocenters. The first-order valence-corrected chi connectivity index (χ1v) is 16.7. The Bertz CT molecular complexity index is 795. The molecule has 0 saturated carbocycles. The predicted octanol–water partition coefficient (Wildman–Crippen LogP) is 7.15. The minimum atomic E-state index is -0.833. The number of carbonyl (C=O) groups excluding carboxylic acids is 3. The zero-order valence-electron chi connectivity index (χ0n) is 27.7. The van der Waals surface area contributed by atoms with Gasteiger partial charge in [0.05, 0.1) is 19.1 Å². The second-order valence-electron chi connectivity index (χ2n) is 12.9. The standard InChI is InChI=1S/C34H62N2O6/c1-7-9-10-11-12-13-14-15-16-17-18-19-20-21-22-23-29(37)36-28(8-2)26-40-30(38)24-25-35-32(39)31-33(3,4)27-41-34(5,6)42-31/h15-16,28,31H,7-14,17-27H2,1-6H3,(H,35,39)(H,36,37)/b16-15-/t28-,31?/m0/s1. The normalized spacial score (nSPS) is 18.5. The zero-order chi connectivity index (χ0) is 31.3. The predicted molar refractivity (Wildman–Crippen MR) is 169 cm³/mol. The first-order chi connectivity index (χ1) is 20.0.